The van der Waals surface area contributed by atoms with Gasteiger partial charge in [0.1, 0.15) is 6.04 Å². The molecule has 0 radical (unpaired) electrons. The molecule has 1 atom stereocenters. The van der Waals surface area contributed by atoms with Crippen molar-refractivity contribution in [1.82, 2.24) is 14.7 Å². The van der Waals surface area contributed by atoms with Crippen molar-refractivity contribution >= 4 is 33.6 Å². The molecule has 1 aromatic rings. The number of rotatable bonds is 6. The second-order valence-corrected chi connectivity index (χ2v) is 8.91. The molecule has 3 aliphatic heterocycles. The summed E-state index contributed by atoms with van der Waals surface area (Å²) in [4.78, 5) is 33.1. The van der Waals surface area contributed by atoms with Crippen LogP contribution in [0.2, 0.25) is 0 Å². The molecule has 28 heavy (non-hydrogen) atoms. The first-order chi connectivity index (χ1) is 13.6. The molecule has 0 bridgehead atoms. The Labute approximate surface area is 175 Å². The van der Waals surface area contributed by atoms with Crippen LogP contribution in [-0.4, -0.2) is 78.5 Å². The number of hydrogen-bond acceptors (Lipinski definition) is 4. The van der Waals surface area contributed by atoms with Gasteiger partial charge in [0.25, 0.3) is 5.91 Å². The highest BCUT2D eigenvalue weighted by Crippen LogP contribution is 2.27. The molecule has 0 N–H and O–H groups in total. The van der Waals surface area contributed by atoms with Gasteiger partial charge in [-0.1, -0.05) is 22.0 Å². The first kappa shape index (κ1) is 19.7. The van der Waals surface area contributed by atoms with Crippen LogP contribution in [-0.2, 0) is 4.79 Å². The minimum atomic E-state index is -0.174. The third-order valence-corrected chi connectivity index (χ3v) is 6.68. The summed E-state index contributed by atoms with van der Waals surface area (Å²) in [6.45, 7) is 6.55. The Hall–Kier alpha value is -1.60. The van der Waals surface area contributed by atoms with Crippen molar-refractivity contribution in [3.8, 4) is 0 Å². The van der Waals surface area contributed by atoms with E-state index in [4.69, 9.17) is 0 Å². The highest BCUT2D eigenvalue weighted by Gasteiger charge is 2.45. The van der Waals surface area contributed by atoms with Crippen LogP contribution in [0.25, 0.3) is 0 Å². The van der Waals surface area contributed by atoms with Gasteiger partial charge in [-0.05, 0) is 56.8 Å². The standard InChI is InChI=1S/C21H29BrN4O2/c22-17-6-5-7-18(16-17)24-14-12-23(13-15-24)9-3-4-11-26-20(27)19-8-1-2-10-25(19)21(26)28/h5-7,16,19H,1-4,8-15H2/t19-/m1/s1. The molecular formula is C21H29BrN4O2. The molecular weight excluding hydrogens is 420 g/mol. The molecule has 3 fully saturated rings. The molecule has 1 aromatic carbocycles. The molecule has 3 heterocycles. The van der Waals surface area contributed by atoms with E-state index in [1.807, 2.05) is 0 Å². The van der Waals surface area contributed by atoms with Crippen LogP contribution in [0.3, 0.4) is 0 Å². The molecule has 4 rings (SSSR count). The molecule has 3 amide bonds. The second-order valence-electron chi connectivity index (χ2n) is 7.99. The Balaban J connectivity index is 1.17. The first-order valence-electron chi connectivity index (χ1n) is 10.5. The second kappa shape index (κ2) is 8.82. The number of fused-ring (bicyclic) bond motifs is 1. The number of unbranched alkanes of at least 4 members (excludes halogenated alkanes) is 1. The Kier molecular flexibility index (Phi) is 6.21. The summed E-state index contributed by atoms with van der Waals surface area (Å²) in [5.74, 6) is 0.0346. The summed E-state index contributed by atoms with van der Waals surface area (Å²) in [7, 11) is 0. The zero-order valence-electron chi connectivity index (χ0n) is 16.4. The summed E-state index contributed by atoms with van der Waals surface area (Å²) in [5, 5.41) is 0. The van der Waals surface area contributed by atoms with E-state index >= 15 is 0 Å². The summed E-state index contributed by atoms with van der Waals surface area (Å²) in [6, 6.07) is 8.25. The van der Waals surface area contributed by atoms with E-state index in [1.54, 1.807) is 4.90 Å². The van der Waals surface area contributed by atoms with E-state index in [2.05, 4.69) is 50.0 Å². The largest absolute Gasteiger partial charge is 0.369 e. The van der Waals surface area contributed by atoms with Crippen LogP contribution >= 0.6 is 15.9 Å². The van der Waals surface area contributed by atoms with Gasteiger partial charge in [-0.2, -0.15) is 0 Å². The number of nitrogens with zero attached hydrogens (tertiary/aromatic N) is 4. The summed E-state index contributed by atoms with van der Waals surface area (Å²) >= 11 is 3.55. The number of imide groups is 1. The minimum absolute atomic E-state index is 0.0346. The third kappa shape index (κ3) is 4.20. The van der Waals surface area contributed by atoms with Crippen LogP contribution < -0.4 is 4.90 Å². The Bertz CT molecular complexity index is 696. The lowest BCUT2D eigenvalue weighted by Crippen LogP contribution is -2.46. The molecule has 6 nitrogen and oxygen atoms in total. The normalized spacial score (nSPS) is 23.5. The van der Waals surface area contributed by atoms with Crippen LogP contribution in [0.15, 0.2) is 28.7 Å². The van der Waals surface area contributed by atoms with Gasteiger partial charge in [-0.25, -0.2) is 4.79 Å². The molecule has 7 heteroatoms. The SMILES string of the molecule is O=C1[C@H]2CCCCN2C(=O)N1CCCCN1CCN(c2cccc(Br)c2)CC1. The van der Waals surface area contributed by atoms with Crippen molar-refractivity contribution < 1.29 is 9.59 Å². The molecule has 3 aliphatic rings. The number of piperazine rings is 1. The molecule has 3 saturated heterocycles. The van der Waals surface area contributed by atoms with Gasteiger partial charge in [0, 0.05) is 49.4 Å². The van der Waals surface area contributed by atoms with Crippen LogP contribution in [0.1, 0.15) is 32.1 Å². The molecule has 0 unspecified atom stereocenters. The predicted octanol–water partition coefficient (Wildman–Crippen LogP) is 3.17. The van der Waals surface area contributed by atoms with Gasteiger partial charge in [-0.15, -0.1) is 0 Å². The lowest BCUT2D eigenvalue weighted by Gasteiger charge is -2.36. The smallest absolute Gasteiger partial charge is 0.327 e. The number of amides is 3. The average molecular weight is 449 g/mol. The van der Waals surface area contributed by atoms with Gasteiger partial charge < -0.3 is 9.80 Å². The minimum Gasteiger partial charge on any atom is -0.369 e. The maximum Gasteiger partial charge on any atom is 0.327 e. The van der Waals surface area contributed by atoms with E-state index in [-0.39, 0.29) is 18.0 Å². The van der Waals surface area contributed by atoms with Gasteiger partial charge in [-0.3, -0.25) is 14.6 Å². The van der Waals surface area contributed by atoms with Crippen LogP contribution in [0.5, 0.6) is 0 Å². The monoisotopic (exact) mass is 448 g/mol. The molecule has 152 valence electrons. The number of carbonyl (C=O) groups excluding carboxylic acids is 2. The fourth-order valence-electron chi connectivity index (χ4n) is 4.56. The zero-order chi connectivity index (χ0) is 19.5. The quantitative estimate of drug-likeness (QED) is 0.495. The van der Waals surface area contributed by atoms with Crippen molar-refractivity contribution in [3.05, 3.63) is 28.7 Å². The molecule has 0 saturated carbocycles. The number of carbonyl (C=O) groups is 2. The van der Waals surface area contributed by atoms with Crippen molar-refractivity contribution in [1.29, 1.82) is 0 Å². The molecule has 0 spiro atoms. The van der Waals surface area contributed by atoms with Crippen LogP contribution in [0.4, 0.5) is 10.5 Å². The van der Waals surface area contributed by atoms with E-state index in [0.29, 0.717) is 6.54 Å². The number of benzene rings is 1. The average Bonchev–Trinajstić information content (AvgIpc) is 2.96. The van der Waals surface area contributed by atoms with E-state index in [0.717, 1.165) is 75.8 Å². The highest BCUT2D eigenvalue weighted by molar-refractivity contribution is 9.10. The maximum absolute atomic E-state index is 12.5. The number of hydrogen-bond donors (Lipinski definition) is 0. The Morgan fingerprint density at radius 3 is 2.50 bits per heavy atom. The van der Waals surface area contributed by atoms with Crippen molar-refractivity contribution in [2.45, 2.75) is 38.1 Å². The van der Waals surface area contributed by atoms with E-state index in [9.17, 15) is 9.59 Å². The topological polar surface area (TPSA) is 47.1 Å². The number of piperidine rings is 1. The summed E-state index contributed by atoms with van der Waals surface area (Å²) < 4.78 is 1.12. The maximum atomic E-state index is 12.5. The van der Waals surface area contributed by atoms with Crippen molar-refractivity contribution in [2.75, 3.05) is 50.7 Å². The number of anilines is 1. The van der Waals surface area contributed by atoms with Gasteiger partial charge >= 0.3 is 6.03 Å². The van der Waals surface area contributed by atoms with Crippen molar-refractivity contribution in [2.24, 2.45) is 0 Å². The van der Waals surface area contributed by atoms with Gasteiger partial charge in [0.05, 0.1) is 0 Å². The summed E-state index contributed by atoms with van der Waals surface area (Å²) in [5.41, 5.74) is 1.27. The van der Waals surface area contributed by atoms with E-state index < -0.39 is 0 Å². The number of urea groups is 1. The van der Waals surface area contributed by atoms with Gasteiger partial charge in [0.2, 0.25) is 0 Å². The van der Waals surface area contributed by atoms with E-state index in [1.165, 1.54) is 10.6 Å². The Morgan fingerprint density at radius 1 is 0.964 bits per heavy atom. The van der Waals surface area contributed by atoms with Crippen LogP contribution in [0, 0.1) is 0 Å². The Morgan fingerprint density at radius 2 is 1.75 bits per heavy atom. The van der Waals surface area contributed by atoms with Gasteiger partial charge in [0.15, 0.2) is 0 Å². The highest BCUT2D eigenvalue weighted by atomic mass is 79.9. The third-order valence-electron chi connectivity index (χ3n) is 6.18. The molecule has 0 aromatic heterocycles. The lowest BCUT2D eigenvalue weighted by atomic mass is 10.0. The van der Waals surface area contributed by atoms with Crippen molar-refractivity contribution in [3.63, 3.8) is 0 Å². The predicted molar refractivity (Wildman–Crippen MR) is 113 cm³/mol. The number of halogens is 1. The fourth-order valence-corrected chi connectivity index (χ4v) is 4.95. The fraction of sp³-hybridized carbons (Fsp3) is 0.619. The first-order valence-corrected chi connectivity index (χ1v) is 11.3. The summed E-state index contributed by atoms with van der Waals surface area (Å²) in [6.07, 6.45) is 4.83. The lowest BCUT2D eigenvalue weighted by molar-refractivity contribution is -0.128. The zero-order valence-corrected chi connectivity index (χ0v) is 17.9. The molecule has 0 aliphatic carbocycles.